The van der Waals surface area contributed by atoms with Crippen LogP contribution in [0.5, 0.6) is 0 Å². The van der Waals surface area contributed by atoms with Crippen LogP contribution in [-0.4, -0.2) is 5.78 Å². The second-order valence-corrected chi connectivity index (χ2v) is 12.7. The van der Waals surface area contributed by atoms with E-state index in [1.54, 1.807) is 0 Å². The van der Waals surface area contributed by atoms with Crippen molar-refractivity contribution in [1.82, 2.24) is 0 Å². The Morgan fingerprint density at radius 1 is 0.933 bits per heavy atom. The summed E-state index contributed by atoms with van der Waals surface area (Å²) in [4.78, 5) is 12.1. The molecule has 0 heterocycles. The van der Waals surface area contributed by atoms with E-state index in [4.69, 9.17) is 0 Å². The lowest BCUT2D eigenvalue weighted by atomic mass is 9.44. The molecule has 1 nitrogen and oxygen atoms in total. The van der Waals surface area contributed by atoms with Gasteiger partial charge in [0.25, 0.3) is 0 Å². The molecule has 1 heteroatoms. The number of hydrogen-bond donors (Lipinski definition) is 0. The van der Waals surface area contributed by atoms with Crippen molar-refractivity contribution in [2.75, 3.05) is 0 Å². The van der Waals surface area contributed by atoms with E-state index in [-0.39, 0.29) is 0 Å². The summed E-state index contributed by atoms with van der Waals surface area (Å²) in [7, 11) is 0. The van der Waals surface area contributed by atoms with Gasteiger partial charge in [-0.05, 0) is 110 Å². The number of allylic oxidation sites excluding steroid dienone is 2. The minimum Gasteiger partial charge on any atom is -0.300 e. The predicted octanol–water partition coefficient (Wildman–Crippen LogP) is 8.09. The minimum absolute atomic E-state index is 0.452. The SMILES string of the molecule is CC[C@H](C=C[C@@H](C)C1CCC2C3CCC4CC(=O)CC[C@]4(C)C3CC[C@@]21C)C(C)C. The summed E-state index contributed by atoms with van der Waals surface area (Å²) in [5.41, 5.74) is 0.992. The van der Waals surface area contributed by atoms with E-state index in [1.807, 2.05) is 0 Å². The van der Waals surface area contributed by atoms with Crippen molar-refractivity contribution in [3.8, 4) is 0 Å². The van der Waals surface area contributed by atoms with Crippen molar-refractivity contribution in [2.45, 2.75) is 106 Å². The molecular weight excluding hydrogens is 364 g/mol. The predicted molar refractivity (Wildman–Crippen MR) is 127 cm³/mol. The van der Waals surface area contributed by atoms with Gasteiger partial charge < -0.3 is 0 Å². The maximum Gasteiger partial charge on any atom is 0.133 e. The van der Waals surface area contributed by atoms with Crippen LogP contribution in [-0.2, 0) is 4.79 Å². The Balaban J connectivity index is 1.50. The summed E-state index contributed by atoms with van der Waals surface area (Å²) in [5, 5.41) is 0. The molecule has 0 aliphatic heterocycles. The lowest BCUT2D eigenvalue weighted by Crippen LogP contribution is -2.53. The zero-order chi connectivity index (χ0) is 21.7. The Hall–Kier alpha value is -0.590. The maximum absolute atomic E-state index is 12.1. The summed E-state index contributed by atoms with van der Waals surface area (Å²) in [6, 6.07) is 0. The fourth-order valence-corrected chi connectivity index (χ4v) is 9.23. The number of carbonyl (C=O) groups is 1. The summed E-state index contributed by atoms with van der Waals surface area (Å²) in [6.45, 7) is 14.8. The van der Waals surface area contributed by atoms with Crippen molar-refractivity contribution < 1.29 is 4.79 Å². The molecule has 0 spiro atoms. The van der Waals surface area contributed by atoms with Gasteiger partial charge in [-0.2, -0.15) is 0 Å². The van der Waals surface area contributed by atoms with Gasteiger partial charge in [0.2, 0.25) is 0 Å². The van der Waals surface area contributed by atoms with Gasteiger partial charge >= 0.3 is 0 Å². The van der Waals surface area contributed by atoms with Crippen molar-refractivity contribution >= 4 is 5.78 Å². The Bertz CT molecular complexity index is 661. The topological polar surface area (TPSA) is 17.1 Å². The highest BCUT2D eigenvalue weighted by Crippen LogP contribution is 2.68. The van der Waals surface area contributed by atoms with Gasteiger partial charge in [0, 0.05) is 12.8 Å². The first-order valence-corrected chi connectivity index (χ1v) is 13.4. The molecule has 0 amide bonds. The van der Waals surface area contributed by atoms with Crippen LogP contribution in [0.1, 0.15) is 106 Å². The number of carbonyl (C=O) groups excluding carboxylic acids is 1. The monoisotopic (exact) mass is 412 g/mol. The van der Waals surface area contributed by atoms with Gasteiger partial charge in [-0.1, -0.05) is 53.7 Å². The Labute approximate surface area is 186 Å². The Kier molecular flexibility index (Phi) is 6.33. The van der Waals surface area contributed by atoms with E-state index >= 15 is 0 Å². The van der Waals surface area contributed by atoms with Crippen molar-refractivity contribution in [3.63, 3.8) is 0 Å². The third-order valence-corrected chi connectivity index (χ3v) is 11.2. The van der Waals surface area contributed by atoms with E-state index in [9.17, 15) is 4.79 Å². The molecule has 0 aromatic heterocycles. The summed E-state index contributed by atoms with van der Waals surface area (Å²) in [6.07, 6.45) is 17.8. The Morgan fingerprint density at radius 2 is 1.67 bits per heavy atom. The van der Waals surface area contributed by atoms with Crippen LogP contribution in [0, 0.1) is 58.2 Å². The smallest absolute Gasteiger partial charge is 0.133 e. The van der Waals surface area contributed by atoms with Gasteiger partial charge in [0.05, 0.1) is 0 Å². The maximum atomic E-state index is 12.1. The summed E-state index contributed by atoms with van der Waals surface area (Å²) < 4.78 is 0. The average molecular weight is 413 g/mol. The zero-order valence-electron chi connectivity index (χ0n) is 20.8. The second-order valence-electron chi connectivity index (χ2n) is 12.7. The van der Waals surface area contributed by atoms with Crippen LogP contribution in [0.2, 0.25) is 0 Å². The largest absolute Gasteiger partial charge is 0.300 e. The van der Waals surface area contributed by atoms with Crippen LogP contribution in [0.4, 0.5) is 0 Å². The molecule has 4 aliphatic carbocycles. The minimum atomic E-state index is 0.452. The van der Waals surface area contributed by atoms with Crippen LogP contribution in [0.25, 0.3) is 0 Å². The first kappa shape index (κ1) is 22.6. The van der Waals surface area contributed by atoms with E-state index in [2.05, 4.69) is 53.7 Å². The molecule has 0 bridgehead atoms. The van der Waals surface area contributed by atoms with E-state index < -0.39 is 0 Å². The third kappa shape index (κ3) is 3.65. The molecule has 5 unspecified atom stereocenters. The molecule has 4 saturated carbocycles. The molecule has 0 radical (unpaired) electrons. The van der Waals surface area contributed by atoms with Gasteiger partial charge in [-0.25, -0.2) is 0 Å². The van der Waals surface area contributed by atoms with E-state index in [1.165, 1.54) is 51.4 Å². The molecule has 30 heavy (non-hydrogen) atoms. The quantitative estimate of drug-likeness (QED) is 0.417. The molecule has 4 rings (SSSR count). The van der Waals surface area contributed by atoms with Crippen molar-refractivity contribution in [3.05, 3.63) is 12.2 Å². The first-order valence-electron chi connectivity index (χ1n) is 13.4. The second kappa shape index (κ2) is 8.40. The number of rotatable bonds is 5. The Morgan fingerprint density at radius 3 is 2.37 bits per heavy atom. The van der Waals surface area contributed by atoms with Gasteiger partial charge in [0.15, 0.2) is 0 Å². The molecule has 0 N–H and O–H groups in total. The van der Waals surface area contributed by atoms with Crippen LogP contribution < -0.4 is 0 Å². The molecule has 0 aromatic carbocycles. The van der Waals surface area contributed by atoms with E-state index in [0.29, 0.717) is 28.4 Å². The fraction of sp³-hybridized carbons (Fsp3) is 0.897. The highest BCUT2D eigenvalue weighted by molar-refractivity contribution is 5.79. The standard InChI is InChI=1S/C29H48O/c1-7-21(19(2)3)9-8-20(4)25-12-13-26-24-11-10-22-18-23(30)14-16-28(22,5)27(24)15-17-29(25,26)6/h8-9,19-22,24-27H,7,10-18H2,1-6H3/t20-,21-,22?,24?,25?,26?,27?,28+,29-/m1/s1. The highest BCUT2D eigenvalue weighted by atomic mass is 16.1. The van der Waals surface area contributed by atoms with Gasteiger partial charge in [-0.3, -0.25) is 4.79 Å². The van der Waals surface area contributed by atoms with Crippen molar-refractivity contribution in [2.24, 2.45) is 58.2 Å². The average Bonchev–Trinajstić information content (AvgIpc) is 3.06. The van der Waals surface area contributed by atoms with Crippen molar-refractivity contribution in [1.29, 1.82) is 0 Å². The number of Topliss-reactive ketones (excluding diaryl/α,β-unsaturated/α-hetero) is 1. The van der Waals surface area contributed by atoms with Gasteiger partial charge in [0.1, 0.15) is 5.78 Å². The number of ketones is 1. The molecule has 4 fully saturated rings. The molecular formula is C29H48O. The van der Waals surface area contributed by atoms with Crippen LogP contribution >= 0.6 is 0 Å². The molecule has 9 atom stereocenters. The van der Waals surface area contributed by atoms with Crippen LogP contribution in [0.15, 0.2) is 12.2 Å². The highest BCUT2D eigenvalue weighted by Gasteiger charge is 2.60. The third-order valence-electron chi connectivity index (χ3n) is 11.2. The molecule has 0 saturated heterocycles. The number of hydrogen-bond acceptors (Lipinski definition) is 1. The molecule has 4 aliphatic rings. The number of fused-ring (bicyclic) bond motifs is 5. The molecule has 170 valence electrons. The summed E-state index contributed by atoms with van der Waals surface area (Å²) in [5.74, 6) is 7.04. The molecule has 0 aromatic rings. The zero-order valence-corrected chi connectivity index (χ0v) is 20.8. The fourth-order valence-electron chi connectivity index (χ4n) is 9.23. The normalized spacial score (nSPS) is 45.8. The lowest BCUT2D eigenvalue weighted by Gasteiger charge is -2.60. The summed E-state index contributed by atoms with van der Waals surface area (Å²) >= 11 is 0. The van der Waals surface area contributed by atoms with Gasteiger partial charge in [-0.15, -0.1) is 0 Å². The first-order chi connectivity index (χ1) is 14.2. The van der Waals surface area contributed by atoms with E-state index in [0.717, 1.165) is 48.3 Å². The lowest BCUT2D eigenvalue weighted by molar-refractivity contribution is -0.140. The van der Waals surface area contributed by atoms with Crippen LogP contribution in [0.3, 0.4) is 0 Å².